The maximum Gasteiger partial charge on any atom is 0.136 e. The molecule has 0 amide bonds. The first-order valence-corrected chi connectivity index (χ1v) is 16.6. The van der Waals surface area contributed by atoms with Gasteiger partial charge in [-0.1, -0.05) is 115 Å². The van der Waals surface area contributed by atoms with Crippen LogP contribution in [0.25, 0.3) is 76.9 Å². The van der Waals surface area contributed by atoms with Crippen LogP contribution in [0.1, 0.15) is 0 Å². The van der Waals surface area contributed by atoms with Gasteiger partial charge in [0.1, 0.15) is 22.3 Å². The molecule has 0 radical (unpaired) electrons. The lowest BCUT2D eigenvalue weighted by Crippen LogP contribution is -2.11. The van der Waals surface area contributed by atoms with Gasteiger partial charge >= 0.3 is 0 Å². The quantitative estimate of drug-likeness (QED) is 0.190. The third kappa shape index (κ3) is 4.51. The Hall–Kier alpha value is -6.58. The molecular weight excluding hydrogens is 599 g/mol. The number of nitrogens with zero attached hydrogens (tertiary/aromatic N) is 1. The van der Waals surface area contributed by atoms with Crippen molar-refractivity contribution in [2.75, 3.05) is 4.90 Å². The molecule has 0 aliphatic rings. The molecule has 2 heterocycles. The van der Waals surface area contributed by atoms with E-state index in [0.717, 1.165) is 83.2 Å². The highest BCUT2D eigenvalue weighted by Gasteiger charge is 2.20. The van der Waals surface area contributed by atoms with Crippen LogP contribution in [0.4, 0.5) is 17.1 Å². The maximum absolute atomic E-state index is 6.32. The molecule has 0 saturated heterocycles. The number of para-hydroxylation sites is 3. The van der Waals surface area contributed by atoms with Gasteiger partial charge in [-0.25, -0.2) is 0 Å². The summed E-state index contributed by atoms with van der Waals surface area (Å²) in [6.45, 7) is 0. The van der Waals surface area contributed by atoms with Crippen LogP contribution in [0, 0.1) is 0 Å². The van der Waals surface area contributed by atoms with Gasteiger partial charge in [-0.2, -0.15) is 0 Å². The van der Waals surface area contributed by atoms with Crippen molar-refractivity contribution in [3.05, 3.63) is 176 Å². The van der Waals surface area contributed by atoms with E-state index in [1.165, 1.54) is 10.8 Å². The van der Waals surface area contributed by atoms with Gasteiger partial charge in [-0.3, -0.25) is 0 Å². The second kappa shape index (κ2) is 11.0. The van der Waals surface area contributed by atoms with Crippen LogP contribution < -0.4 is 4.90 Å². The van der Waals surface area contributed by atoms with Gasteiger partial charge in [0.25, 0.3) is 0 Å². The molecule has 0 atom stereocenters. The molecule has 0 aliphatic carbocycles. The van der Waals surface area contributed by atoms with Gasteiger partial charge in [-0.05, 0) is 82.7 Å². The van der Waals surface area contributed by atoms with E-state index in [1.54, 1.807) is 0 Å². The maximum atomic E-state index is 6.32. The van der Waals surface area contributed by atoms with Crippen LogP contribution >= 0.6 is 0 Å². The highest BCUT2D eigenvalue weighted by Crippen LogP contribution is 2.45. The zero-order valence-corrected chi connectivity index (χ0v) is 26.5. The van der Waals surface area contributed by atoms with Crippen molar-refractivity contribution in [1.29, 1.82) is 0 Å². The van der Waals surface area contributed by atoms with E-state index in [1.807, 2.05) is 24.3 Å². The number of hydrogen-bond acceptors (Lipinski definition) is 3. The standard InChI is InChI=1S/C46H29NO2/c1-2-12-35-31(10-1)11-9-17-42(35)47(34-24-20-30(21-25-34)32-23-27-45-40(28-32)38-15-5-8-19-44(38)48-45)41-16-6-3-13-36(41)33-22-26-39-37-14-4-7-18-43(37)49-46(39)29-33/h1-29H. The summed E-state index contributed by atoms with van der Waals surface area (Å²) in [6, 6.07) is 62.2. The fourth-order valence-electron chi connectivity index (χ4n) is 7.33. The Labute approximate surface area is 282 Å². The molecule has 3 nitrogen and oxygen atoms in total. The van der Waals surface area contributed by atoms with E-state index in [0.29, 0.717) is 0 Å². The Morgan fingerprint density at radius 3 is 1.73 bits per heavy atom. The van der Waals surface area contributed by atoms with Crippen LogP contribution in [0.15, 0.2) is 185 Å². The van der Waals surface area contributed by atoms with Crippen LogP contribution in [0.5, 0.6) is 0 Å². The molecule has 0 unspecified atom stereocenters. The lowest BCUT2D eigenvalue weighted by atomic mass is 9.98. The minimum absolute atomic E-state index is 0.886. The van der Waals surface area contributed by atoms with Gasteiger partial charge in [0.15, 0.2) is 0 Å². The fraction of sp³-hybridized carbons (Fsp3) is 0. The molecule has 0 saturated carbocycles. The molecule has 3 heteroatoms. The lowest BCUT2D eigenvalue weighted by molar-refractivity contribution is 0.668. The molecule has 230 valence electrons. The Morgan fingerprint density at radius 1 is 0.327 bits per heavy atom. The van der Waals surface area contributed by atoms with Gasteiger partial charge in [0, 0.05) is 38.2 Å². The highest BCUT2D eigenvalue weighted by molar-refractivity contribution is 6.08. The molecule has 8 aromatic carbocycles. The average molecular weight is 628 g/mol. The average Bonchev–Trinajstić information content (AvgIpc) is 3.73. The minimum atomic E-state index is 0.886. The van der Waals surface area contributed by atoms with E-state index in [2.05, 4.69) is 157 Å². The smallest absolute Gasteiger partial charge is 0.136 e. The summed E-state index contributed by atoms with van der Waals surface area (Å²) in [6.07, 6.45) is 0. The van der Waals surface area contributed by atoms with Crippen LogP contribution in [0.3, 0.4) is 0 Å². The molecule has 0 aliphatic heterocycles. The SMILES string of the molecule is c1ccc(N(c2ccc(-c3ccc4oc5ccccc5c4c3)cc2)c2cccc3ccccc23)c(-c2ccc3c(c2)oc2ccccc23)c1. The zero-order valence-electron chi connectivity index (χ0n) is 26.5. The van der Waals surface area contributed by atoms with Crippen molar-refractivity contribution in [2.45, 2.75) is 0 Å². The number of rotatable bonds is 5. The Kier molecular flexibility index (Phi) is 6.18. The summed E-state index contributed by atoms with van der Waals surface area (Å²) in [5, 5.41) is 6.91. The summed E-state index contributed by atoms with van der Waals surface area (Å²) in [5.41, 5.74) is 11.4. The summed E-state index contributed by atoms with van der Waals surface area (Å²) in [4.78, 5) is 2.39. The van der Waals surface area contributed by atoms with Crippen molar-refractivity contribution in [2.24, 2.45) is 0 Å². The normalized spacial score (nSPS) is 11.7. The Bertz CT molecular complexity index is 2830. The molecule has 0 spiro atoms. The third-order valence-electron chi connectivity index (χ3n) is 9.68. The number of furan rings is 2. The van der Waals surface area contributed by atoms with E-state index in [4.69, 9.17) is 8.83 Å². The molecule has 0 N–H and O–H groups in total. The molecule has 0 bridgehead atoms. The van der Waals surface area contributed by atoms with Crippen molar-refractivity contribution < 1.29 is 8.83 Å². The zero-order chi connectivity index (χ0) is 32.3. The summed E-state index contributed by atoms with van der Waals surface area (Å²) < 4.78 is 12.4. The van der Waals surface area contributed by atoms with Crippen molar-refractivity contribution >= 4 is 71.7 Å². The lowest BCUT2D eigenvalue weighted by Gasteiger charge is -2.29. The Balaban J connectivity index is 1.13. The van der Waals surface area contributed by atoms with E-state index >= 15 is 0 Å². The second-order valence-electron chi connectivity index (χ2n) is 12.5. The number of fused-ring (bicyclic) bond motifs is 7. The Morgan fingerprint density at radius 2 is 0.898 bits per heavy atom. The van der Waals surface area contributed by atoms with Gasteiger partial charge in [0.05, 0.1) is 11.4 Å². The van der Waals surface area contributed by atoms with Crippen molar-refractivity contribution in [1.82, 2.24) is 0 Å². The predicted octanol–water partition coefficient (Wildman–Crippen LogP) is 13.4. The van der Waals surface area contributed by atoms with Crippen molar-refractivity contribution in [3.8, 4) is 22.3 Å². The van der Waals surface area contributed by atoms with E-state index in [-0.39, 0.29) is 0 Å². The first-order chi connectivity index (χ1) is 24.3. The second-order valence-corrected chi connectivity index (χ2v) is 12.5. The number of anilines is 3. The van der Waals surface area contributed by atoms with Gasteiger partial charge in [-0.15, -0.1) is 0 Å². The first kappa shape index (κ1) is 27.5. The molecule has 2 aromatic heterocycles. The van der Waals surface area contributed by atoms with Crippen LogP contribution in [0.2, 0.25) is 0 Å². The predicted molar refractivity (Wildman–Crippen MR) is 204 cm³/mol. The monoisotopic (exact) mass is 627 g/mol. The number of hydrogen-bond donors (Lipinski definition) is 0. The molecule has 0 fully saturated rings. The molecule has 10 aromatic rings. The summed E-state index contributed by atoms with van der Waals surface area (Å²) >= 11 is 0. The molecular formula is C46H29NO2. The van der Waals surface area contributed by atoms with E-state index < -0.39 is 0 Å². The fourth-order valence-corrected chi connectivity index (χ4v) is 7.33. The largest absolute Gasteiger partial charge is 0.456 e. The van der Waals surface area contributed by atoms with E-state index in [9.17, 15) is 0 Å². The van der Waals surface area contributed by atoms with Gasteiger partial charge < -0.3 is 13.7 Å². The van der Waals surface area contributed by atoms with Gasteiger partial charge in [0.2, 0.25) is 0 Å². The summed E-state index contributed by atoms with van der Waals surface area (Å²) in [7, 11) is 0. The van der Waals surface area contributed by atoms with Crippen LogP contribution in [-0.2, 0) is 0 Å². The topological polar surface area (TPSA) is 29.5 Å². The molecule has 10 rings (SSSR count). The first-order valence-electron chi connectivity index (χ1n) is 16.6. The molecule has 49 heavy (non-hydrogen) atoms. The van der Waals surface area contributed by atoms with Crippen LogP contribution in [-0.4, -0.2) is 0 Å². The van der Waals surface area contributed by atoms with Crippen molar-refractivity contribution in [3.63, 3.8) is 0 Å². The summed E-state index contributed by atoms with van der Waals surface area (Å²) in [5.74, 6) is 0. The highest BCUT2D eigenvalue weighted by atomic mass is 16.3. The minimum Gasteiger partial charge on any atom is -0.456 e. The third-order valence-corrected chi connectivity index (χ3v) is 9.68. The number of benzene rings is 8.